The fourth-order valence-corrected chi connectivity index (χ4v) is 4.45. The number of aliphatic hydroxyl groups is 1. The molecule has 0 aliphatic carbocycles. The van der Waals surface area contributed by atoms with Crippen molar-refractivity contribution in [1.29, 1.82) is 0 Å². The lowest BCUT2D eigenvalue weighted by atomic mass is 9.96. The molecule has 0 fully saturated rings. The van der Waals surface area contributed by atoms with Gasteiger partial charge < -0.3 is 65.3 Å². The van der Waals surface area contributed by atoms with Crippen molar-refractivity contribution in [3.63, 3.8) is 0 Å². The Morgan fingerprint density at radius 1 is 0.755 bits per heavy atom. The highest BCUT2D eigenvalue weighted by atomic mass is 16.4. The van der Waals surface area contributed by atoms with Crippen molar-refractivity contribution in [3.05, 3.63) is 29.8 Å². The number of phenolic OH excluding ortho intramolecular Hbond substituents is 1. The number of carboxylic acids is 1. The van der Waals surface area contributed by atoms with Gasteiger partial charge >= 0.3 is 5.97 Å². The Morgan fingerprint density at radius 2 is 1.27 bits per heavy atom. The molecule has 0 aliphatic rings. The fourth-order valence-electron chi connectivity index (χ4n) is 4.45. The van der Waals surface area contributed by atoms with Crippen LogP contribution in [-0.4, -0.2) is 107 Å². The van der Waals surface area contributed by atoms with Crippen molar-refractivity contribution in [2.24, 2.45) is 44.6 Å². The minimum atomic E-state index is -1.63. The van der Waals surface area contributed by atoms with Crippen LogP contribution in [0.25, 0.3) is 0 Å². The molecule has 19 nitrogen and oxygen atoms in total. The normalized spacial score (nSPS) is 14.4. The van der Waals surface area contributed by atoms with Gasteiger partial charge in [-0.1, -0.05) is 32.4 Å². The molecule has 0 radical (unpaired) electrons. The Balaban J connectivity index is 3.26. The highest BCUT2D eigenvalue weighted by Gasteiger charge is 2.33. The van der Waals surface area contributed by atoms with E-state index in [1.54, 1.807) is 26.0 Å². The van der Waals surface area contributed by atoms with Gasteiger partial charge in [0, 0.05) is 19.5 Å². The minimum Gasteiger partial charge on any atom is -0.508 e. The SMILES string of the molecule is CC[C@H](C)[C@H](NC(=O)[C@H](Cc1ccc(O)cc1)NC(=O)[C@@H](N)CCCN=C(N)N)C(=O)N[C@@H](CCCN=C(N)N)C(=O)N[C@@H](CO)C(=O)O. The van der Waals surface area contributed by atoms with E-state index < -0.39 is 72.3 Å². The summed E-state index contributed by atoms with van der Waals surface area (Å²) in [5, 5.41) is 38.4. The quantitative estimate of drug-likeness (QED) is 0.0318. The highest BCUT2D eigenvalue weighted by molar-refractivity contribution is 5.95. The molecule has 1 rings (SSSR count). The van der Waals surface area contributed by atoms with Crippen LogP contribution in [0, 0.1) is 5.92 Å². The minimum absolute atomic E-state index is 0.00403. The molecule has 17 N–H and O–H groups in total. The van der Waals surface area contributed by atoms with Crippen LogP contribution in [0.3, 0.4) is 0 Å². The van der Waals surface area contributed by atoms with Crippen LogP contribution in [0.5, 0.6) is 5.75 Å². The van der Waals surface area contributed by atoms with Gasteiger partial charge in [-0.3, -0.25) is 29.2 Å². The van der Waals surface area contributed by atoms with E-state index in [1.807, 2.05) is 0 Å². The third kappa shape index (κ3) is 16.0. The first-order valence-electron chi connectivity index (χ1n) is 15.8. The summed E-state index contributed by atoms with van der Waals surface area (Å²) in [4.78, 5) is 72.6. The number of nitrogens with two attached hydrogens (primary N) is 5. The number of aliphatic hydroxyl groups excluding tert-OH is 1. The average molecular weight is 694 g/mol. The first-order valence-corrected chi connectivity index (χ1v) is 15.8. The zero-order valence-corrected chi connectivity index (χ0v) is 27.8. The molecule has 4 amide bonds. The maximum Gasteiger partial charge on any atom is 0.328 e. The van der Waals surface area contributed by atoms with Gasteiger partial charge in [0.05, 0.1) is 12.6 Å². The first-order chi connectivity index (χ1) is 23.1. The molecule has 0 unspecified atom stereocenters. The van der Waals surface area contributed by atoms with Crippen molar-refractivity contribution in [1.82, 2.24) is 21.3 Å². The molecule has 0 saturated heterocycles. The summed E-state index contributed by atoms with van der Waals surface area (Å²) in [6.07, 6.45) is 1.18. The maximum atomic E-state index is 13.7. The van der Waals surface area contributed by atoms with Gasteiger partial charge in [-0.25, -0.2) is 4.79 Å². The van der Waals surface area contributed by atoms with Gasteiger partial charge in [-0.15, -0.1) is 0 Å². The van der Waals surface area contributed by atoms with Crippen LogP contribution in [0.1, 0.15) is 51.5 Å². The van der Waals surface area contributed by atoms with Crippen LogP contribution in [0.2, 0.25) is 0 Å². The number of carbonyl (C=O) groups excluding carboxylic acids is 4. The molecule has 6 atom stereocenters. The second-order valence-corrected chi connectivity index (χ2v) is 11.5. The van der Waals surface area contributed by atoms with Crippen LogP contribution in [0.15, 0.2) is 34.3 Å². The molecular formula is C30H51N11O8. The number of aliphatic carboxylic acids is 1. The van der Waals surface area contributed by atoms with Crippen molar-refractivity contribution in [2.45, 2.75) is 82.6 Å². The second kappa shape index (κ2) is 21.7. The summed E-state index contributed by atoms with van der Waals surface area (Å²) in [6, 6.07) is -0.367. The molecule has 0 heterocycles. The van der Waals surface area contributed by atoms with Gasteiger partial charge in [0.15, 0.2) is 11.9 Å². The Hall–Kier alpha value is -5.17. The van der Waals surface area contributed by atoms with Crippen molar-refractivity contribution in [3.8, 4) is 5.75 Å². The van der Waals surface area contributed by atoms with Gasteiger partial charge in [0.25, 0.3) is 0 Å². The summed E-state index contributed by atoms with van der Waals surface area (Å²) in [7, 11) is 0. The smallest absolute Gasteiger partial charge is 0.328 e. The zero-order valence-electron chi connectivity index (χ0n) is 27.8. The topological polar surface area (TPSA) is 349 Å². The average Bonchev–Trinajstić information content (AvgIpc) is 3.05. The van der Waals surface area contributed by atoms with E-state index in [9.17, 15) is 39.3 Å². The summed E-state index contributed by atoms with van der Waals surface area (Å²) >= 11 is 0. The molecular weight excluding hydrogens is 642 g/mol. The second-order valence-electron chi connectivity index (χ2n) is 11.5. The number of hydrogen-bond donors (Lipinski definition) is 12. The Labute approximate surface area is 284 Å². The molecule has 274 valence electrons. The summed E-state index contributed by atoms with van der Waals surface area (Å²) in [5.74, 6) is -5.25. The van der Waals surface area contributed by atoms with E-state index in [1.165, 1.54) is 12.1 Å². The number of phenols is 1. The standard InChI is InChI=1S/C30H51N11O8/c1-3-16(2)23(27(47)38-20(7-5-13-37-30(34)35)25(45)40-22(15-42)28(48)49)41-26(46)21(14-17-8-10-18(43)11-9-17)39-24(44)19(31)6-4-12-36-29(32)33/h8-11,16,19-23,42-43H,3-7,12-15,31H2,1-2H3,(H,38,47)(H,39,44)(H,40,45)(H,41,46)(H,48,49)(H4,32,33,36)(H4,34,35,37)/t16-,19-,20-,21-,22-,23-/m0/s1. The molecule has 1 aromatic carbocycles. The number of nitrogens with zero attached hydrogens (tertiary/aromatic N) is 2. The van der Waals surface area contributed by atoms with E-state index in [-0.39, 0.29) is 56.4 Å². The summed E-state index contributed by atoms with van der Waals surface area (Å²) in [5.41, 5.74) is 28.0. The lowest BCUT2D eigenvalue weighted by Gasteiger charge is -2.29. The lowest BCUT2D eigenvalue weighted by Crippen LogP contribution is -2.60. The number of benzene rings is 1. The van der Waals surface area contributed by atoms with Crippen LogP contribution in [-0.2, 0) is 30.4 Å². The van der Waals surface area contributed by atoms with Gasteiger partial charge in [0.2, 0.25) is 23.6 Å². The number of rotatable bonds is 22. The van der Waals surface area contributed by atoms with Gasteiger partial charge in [-0.05, 0) is 49.3 Å². The van der Waals surface area contributed by atoms with E-state index >= 15 is 0 Å². The summed E-state index contributed by atoms with van der Waals surface area (Å²) < 4.78 is 0. The largest absolute Gasteiger partial charge is 0.508 e. The van der Waals surface area contributed by atoms with E-state index in [0.717, 1.165) is 0 Å². The Morgan fingerprint density at radius 3 is 1.78 bits per heavy atom. The number of hydrogen-bond acceptors (Lipinski definition) is 10. The van der Waals surface area contributed by atoms with Crippen LogP contribution >= 0.6 is 0 Å². The lowest BCUT2D eigenvalue weighted by molar-refractivity contribution is -0.143. The maximum absolute atomic E-state index is 13.7. The number of carboxylic acid groups (broad SMARTS) is 1. The predicted molar refractivity (Wildman–Crippen MR) is 182 cm³/mol. The predicted octanol–water partition coefficient (Wildman–Crippen LogP) is -3.57. The third-order valence-corrected chi connectivity index (χ3v) is 7.48. The number of aromatic hydroxyl groups is 1. The van der Waals surface area contributed by atoms with Crippen LogP contribution in [0.4, 0.5) is 0 Å². The molecule has 0 aliphatic heterocycles. The zero-order chi connectivity index (χ0) is 37.1. The van der Waals surface area contributed by atoms with E-state index in [4.69, 9.17) is 28.7 Å². The summed E-state index contributed by atoms with van der Waals surface area (Å²) in [6.45, 7) is 2.94. The monoisotopic (exact) mass is 693 g/mol. The van der Waals surface area contributed by atoms with Crippen LogP contribution < -0.4 is 49.9 Å². The number of aliphatic imine (C=N–C) groups is 2. The number of amides is 4. The number of carbonyl (C=O) groups is 5. The van der Waals surface area contributed by atoms with Gasteiger partial charge in [0.1, 0.15) is 29.9 Å². The Kier molecular flexibility index (Phi) is 18.5. The van der Waals surface area contributed by atoms with Crippen molar-refractivity contribution >= 4 is 41.5 Å². The number of guanidine groups is 2. The molecule has 19 heteroatoms. The molecule has 0 aromatic heterocycles. The van der Waals surface area contributed by atoms with E-state index in [0.29, 0.717) is 18.4 Å². The van der Waals surface area contributed by atoms with E-state index in [2.05, 4.69) is 31.3 Å². The van der Waals surface area contributed by atoms with Crippen molar-refractivity contribution < 1.29 is 39.3 Å². The molecule has 0 saturated carbocycles. The Bertz CT molecular complexity index is 1300. The van der Waals surface area contributed by atoms with Crippen molar-refractivity contribution in [2.75, 3.05) is 19.7 Å². The molecule has 49 heavy (non-hydrogen) atoms. The molecule has 0 spiro atoms. The fraction of sp³-hybridized carbons (Fsp3) is 0.567. The highest BCUT2D eigenvalue weighted by Crippen LogP contribution is 2.14. The van der Waals surface area contributed by atoms with Gasteiger partial charge in [-0.2, -0.15) is 0 Å². The molecule has 0 bridgehead atoms. The number of nitrogens with one attached hydrogen (secondary N) is 4. The third-order valence-electron chi connectivity index (χ3n) is 7.48. The molecule has 1 aromatic rings. The first kappa shape index (κ1) is 41.9.